The van der Waals surface area contributed by atoms with Gasteiger partial charge in [-0.3, -0.25) is 19.0 Å². The van der Waals surface area contributed by atoms with Crippen LogP contribution in [0.3, 0.4) is 0 Å². The predicted octanol–water partition coefficient (Wildman–Crippen LogP) is 1.33. The van der Waals surface area contributed by atoms with Crippen LogP contribution >= 0.6 is 0 Å². The second-order valence-corrected chi connectivity index (χ2v) is 8.59. The van der Waals surface area contributed by atoms with Crippen LogP contribution in [-0.2, 0) is 11.3 Å². The fourth-order valence-corrected chi connectivity index (χ4v) is 3.73. The fourth-order valence-electron chi connectivity index (χ4n) is 3.73. The molecular weight excluding hydrogens is 405 g/mol. The van der Waals surface area contributed by atoms with Gasteiger partial charge in [0.15, 0.2) is 5.56 Å². The molecule has 0 bridgehead atoms. The summed E-state index contributed by atoms with van der Waals surface area (Å²) < 4.78 is 15.9. The number of likely N-dealkylation sites (tertiary alicyclic amines) is 1. The maximum absolute atomic E-state index is 13.4. The molecule has 10 heteroatoms. The molecular formula is C21H26FN5O4. The van der Waals surface area contributed by atoms with Crippen molar-refractivity contribution in [1.82, 2.24) is 24.4 Å². The van der Waals surface area contributed by atoms with E-state index in [4.69, 9.17) is 0 Å². The summed E-state index contributed by atoms with van der Waals surface area (Å²) in [5.74, 6) is -1.42. The summed E-state index contributed by atoms with van der Waals surface area (Å²) in [5.41, 5.74) is -0.237. The van der Waals surface area contributed by atoms with E-state index in [0.29, 0.717) is 25.1 Å². The van der Waals surface area contributed by atoms with Crippen molar-refractivity contribution < 1.29 is 19.1 Å². The first-order valence-electron chi connectivity index (χ1n) is 10.5. The van der Waals surface area contributed by atoms with Gasteiger partial charge in [0, 0.05) is 30.8 Å². The molecule has 1 atom stereocenters. The smallest absolute Gasteiger partial charge is 0.270 e. The Morgan fingerprint density at radius 2 is 2.10 bits per heavy atom. The molecule has 1 saturated heterocycles. The fraction of sp³-hybridized carbons (Fsp3) is 0.524. The van der Waals surface area contributed by atoms with Crippen molar-refractivity contribution in [3.05, 3.63) is 33.8 Å². The van der Waals surface area contributed by atoms with Crippen molar-refractivity contribution >= 4 is 23.5 Å². The average molecular weight is 431 g/mol. The molecule has 2 fully saturated rings. The van der Waals surface area contributed by atoms with Gasteiger partial charge in [-0.2, -0.15) is 9.61 Å². The molecule has 3 heterocycles. The number of aromatic hydroxyl groups is 1. The minimum absolute atomic E-state index is 0.0252. The van der Waals surface area contributed by atoms with Gasteiger partial charge in [0.1, 0.15) is 11.8 Å². The third-order valence-corrected chi connectivity index (χ3v) is 5.45. The van der Waals surface area contributed by atoms with E-state index in [-0.39, 0.29) is 35.6 Å². The summed E-state index contributed by atoms with van der Waals surface area (Å²) >= 11 is 0. The van der Waals surface area contributed by atoms with Gasteiger partial charge < -0.3 is 15.3 Å². The van der Waals surface area contributed by atoms with Gasteiger partial charge in [-0.25, -0.2) is 4.39 Å². The number of alkyl halides is 1. The van der Waals surface area contributed by atoms with Crippen LogP contribution in [0.4, 0.5) is 4.39 Å². The van der Waals surface area contributed by atoms with Gasteiger partial charge in [-0.1, -0.05) is 13.8 Å². The number of amides is 2. The molecule has 166 valence electrons. The Morgan fingerprint density at radius 3 is 2.71 bits per heavy atom. The molecule has 1 unspecified atom stereocenters. The second kappa shape index (κ2) is 8.16. The SMILES string of the molecule is CC(C)Cn1c(=O)c(C(=O)NC2CC2)c(O)n2ncc(C=CC(=O)N3CCC(F)C3)c12. The maximum Gasteiger partial charge on any atom is 0.270 e. The third kappa shape index (κ3) is 4.19. The average Bonchev–Trinajstić information content (AvgIpc) is 3.24. The molecule has 1 saturated carbocycles. The molecule has 0 radical (unpaired) electrons. The van der Waals surface area contributed by atoms with E-state index in [1.165, 1.54) is 27.8 Å². The Hall–Kier alpha value is -3.17. The van der Waals surface area contributed by atoms with E-state index in [2.05, 4.69) is 10.4 Å². The number of carbonyl (C=O) groups excluding carboxylic acids is 2. The number of nitrogens with one attached hydrogen (secondary N) is 1. The lowest BCUT2D eigenvalue weighted by Crippen LogP contribution is -2.36. The summed E-state index contributed by atoms with van der Waals surface area (Å²) in [6, 6.07) is 0.0252. The van der Waals surface area contributed by atoms with Crippen LogP contribution in [0.2, 0.25) is 0 Å². The van der Waals surface area contributed by atoms with Crippen molar-refractivity contribution in [3.63, 3.8) is 0 Å². The number of nitrogens with zero attached hydrogens (tertiary/aromatic N) is 4. The molecule has 2 aromatic rings. The van der Waals surface area contributed by atoms with E-state index >= 15 is 0 Å². The van der Waals surface area contributed by atoms with Crippen LogP contribution in [0.1, 0.15) is 49.0 Å². The van der Waals surface area contributed by atoms with E-state index < -0.39 is 23.5 Å². The number of aromatic nitrogens is 3. The number of fused-ring (bicyclic) bond motifs is 1. The minimum atomic E-state index is -1.01. The maximum atomic E-state index is 13.4. The molecule has 1 aliphatic carbocycles. The first-order valence-corrected chi connectivity index (χ1v) is 10.5. The van der Waals surface area contributed by atoms with Crippen LogP contribution in [0.15, 0.2) is 17.1 Å². The third-order valence-electron chi connectivity index (χ3n) is 5.45. The van der Waals surface area contributed by atoms with Crippen LogP contribution in [0.5, 0.6) is 5.88 Å². The van der Waals surface area contributed by atoms with Crippen molar-refractivity contribution in [2.24, 2.45) is 5.92 Å². The lowest BCUT2D eigenvalue weighted by molar-refractivity contribution is -0.125. The zero-order chi connectivity index (χ0) is 22.3. The van der Waals surface area contributed by atoms with Crippen molar-refractivity contribution in [3.8, 4) is 5.88 Å². The normalized spacial score (nSPS) is 19.1. The summed E-state index contributed by atoms with van der Waals surface area (Å²) in [4.78, 5) is 39.5. The quantitative estimate of drug-likeness (QED) is 0.671. The summed E-state index contributed by atoms with van der Waals surface area (Å²) in [5, 5.41) is 17.5. The monoisotopic (exact) mass is 431 g/mol. The molecule has 31 heavy (non-hydrogen) atoms. The molecule has 2 aliphatic rings. The highest BCUT2D eigenvalue weighted by Gasteiger charge is 2.30. The van der Waals surface area contributed by atoms with E-state index in [1.807, 2.05) is 13.8 Å². The molecule has 2 amide bonds. The van der Waals surface area contributed by atoms with Crippen molar-refractivity contribution in [1.29, 1.82) is 0 Å². The number of halogens is 1. The Kier molecular flexibility index (Phi) is 5.55. The van der Waals surface area contributed by atoms with E-state index in [1.54, 1.807) is 0 Å². The van der Waals surface area contributed by atoms with Gasteiger partial charge in [0.2, 0.25) is 11.8 Å². The van der Waals surface area contributed by atoms with Gasteiger partial charge in [0.05, 0.1) is 12.7 Å². The standard InChI is InChI=1S/C21H26FN5O4/c1-12(2)10-26-19-13(3-6-16(28)25-8-7-14(22)11-25)9-23-27(19)21(31)17(20(26)30)18(29)24-15-4-5-15/h3,6,9,12,14-15,31H,4-5,7-8,10-11H2,1-2H3,(H,24,29). The van der Waals surface area contributed by atoms with E-state index in [9.17, 15) is 23.9 Å². The van der Waals surface area contributed by atoms with Gasteiger partial charge in [-0.15, -0.1) is 0 Å². The molecule has 2 aromatic heterocycles. The molecule has 2 N–H and O–H groups in total. The van der Waals surface area contributed by atoms with Crippen molar-refractivity contribution in [2.75, 3.05) is 13.1 Å². The molecule has 4 rings (SSSR count). The van der Waals surface area contributed by atoms with Gasteiger partial charge >= 0.3 is 0 Å². The largest absolute Gasteiger partial charge is 0.492 e. The molecule has 0 aromatic carbocycles. The molecule has 0 spiro atoms. The molecule has 9 nitrogen and oxygen atoms in total. The predicted molar refractivity (Wildman–Crippen MR) is 112 cm³/mol. The Balaban J connectivity index is 1.75. The highest BCUT2D eigenvalue weighted by Crippen LogP contribution is 2.23. The van der Waals surface area contributed by atoms with Crippen molar-refractivity contribution in [2.45, 2.75) is 51.9 Å². The van der Waals surface area contributed by atoms with Crippen LogP contribution < -0.4 is 10.9 Å². The first-order chi connectivity index (χ1) is 14.8. The highest BCUT2D eigenvalue weighted by molar-refractivity contribution is 5.97. The Morgan fingerprint density at radius 1 is 1.35 bits per heavy atom. The lowest BCUT2D eigenvalue weighted by atomic mass is 10.2. The highest BCUT2D eigenvalue weighted by atomic mass is 19.1. The summed E-state index contributed by atoms with van der Waals surface area (Å²) in [6.45, 7) is 4.57. The summed E-state index contributed by atoms with van der Waals surface area (Å²) in [7, 11) is 0. The number of rotatable bonds is 6. The number of hydrogen-bond donors (Lipinski definition) is 2. The van der Waals surface area contributed by atoms with E-state index in [0.717, 1.165) is 17.4 Å². The number of hydrogen-bond acceptors (Lipinski definition) is 5. The molecule has 1 aliphatic heterocycles. The lowest BCUT2D eigenvalue weighted by Gasteiger charge is -2.15. The van der Waals surface area contributed by atoms with Gasteiger partial charge in [0.25, 0.3) is 11.5 Å². The first kappa shape index (κ1) is 21.1. The van der Waals surface area contributed by atoms with Crippen LogP contribution in [0.25, 0.3) is 11.7 Å². The topological polar surface area (TPSA) is 109 Å². The Bertz CT molecular complexity index is 1120. The van der Waals surface area contributed by atoms with Gasteiger partial charge in [-0.05, 0) is 31.3 Å². The van der Waals surface area contributed by atoms with Crippen LogP contribution in [0, 0.1) is 5.92 Å². The number of carbonyl (C=O) groups is 2. The summed E-state index contributed by atoms with van der Waals surface area (Å²) in [6.07, 6.45) is 5.23. The zero-order valence-electron chi connectivity index (χ0n) is 17.5. The zero-order valence-corrected chi connectivity index (χ0v) is 17.5. The Labute approximate surface area is 178 Å². The second-order valence-electron chi connectivity index (χ2n) is 8.59. The van der Waals surface area contributed by atoms with Crippen LogP contribution in [-0.4, -0.2) is 61.3 Å². The minimum Gasteiger partial charge on any atom is -0.492 e.